The molecule has 2 fully saturated rings. The van der Waals surface area contributed by atoms with Crippen molar-refractivity contribution in [3.8, 4) is 0 Å². The smallest absolute Gasteiger partial charge is 0.309 e. The molecule has 0 unspecified atom stereocenters. The number of aliphatic hydroxyl groups is 1. The maximum absolute atomic E-state index is 12.0. The lowest BCUT2D eigenvalue weighted by Gasteiger charge is -2.19. The topological polar surface area (TPSA) is 57.5 Å². The zero-order valence-corrected chi connectivity index (χ0v) is 56.1. The van der Waals surface area contributed by atoms with Crippen molar-refractivity contribution in [3.05, 3.63) is 0 Å². The zero-order chi connectivity index (χ0) is 57.8. The van der Waals surface area contributed by atoms with Crippen LogP contribution in [-0.4, -0.2) is 22.3 Å². The van der Waals surface area contributed by atoms with Crippen molar-refractivity contribution < 1.29 is 15.0 Å². The molecule has 0 bridgehead atoms. The minimum absolute atomic E-state index is 0.580. The minimum Gasteiger partial charge on any atom is -0.481 e. The molecule has 0 spiro atoms. The van der Waals surface area contributed by atoms with Gasteiger partial charge in [0.15, 0.2) is 0 Å². The molecule has 0 radical (unpaired) electrons. The number of carboxylic acids is 1. The minimum atomic E-state index is -0.795. The Hall–Kier alpha value is -0.570. The fraction of sp³-hybridized carbons (Fsp3) is 0.987. The molecule has 2 saturated carbocycles. The molecule has 0 heterocycles. The van der Waals surface area contributed by atoms with E-state index in [9.17, 15) is 15.0 Å². The molecule has 2 rings (SSSR count). The normalized spacial score (nSPS) is 17.6. The van der Waals surface area contributed by atoms with E-state index >= 15 is 0 Å². The summed E-state index contributed by atoms with van der Waals surface area (Å²) in [7, 11) is 0. The fourth-order valence-corrected chi connectivity index (χ4v) is 14.6. The van der Waals surface area contributed by atoms with Crippen LogP contribution in [0.2, 0.25) is 0 Å². The molecular weight excluding hydrogens is 985 g/mol. The average molecular weight is 1140 g/mol. The number of rotatable bonds is 71. The molecule has 0 aromatic carbocycles. The molecule has 0 amide bonds. The largest absolute Gasteiger partial charge is 0.481 e. The number of hydrogen-bond donors (Lipinski definition) is 2. The lowest BCUT2D eigenvalue weighted by Crippen LogP contribution is -2.28. The Morgan fingerprint density at radius 2 is 0.420 bits per heavy atom. The number of hydrogen-bond acceptors (Lipinski definition) is 2. The maximum Gasteiger partial charge on any atom is 0.309 e. The predicted molar refractivity (Wildman–Crippen MR) is 361 cm³/mol. The fourth-order valence-electron chi connectivity index (χ4n) is 14.6. The molecule has 3 nitrogen and oxygen atoms in total. The van der Waals surface area contributed by atoms with Gasteiger partial charge in [-0.2, -0.15) is 0 Å². The van der Waals surface area contributed by atoms with Gasteiger partial charge in [-0.1, -0.05) is 431 Å². The van der Waals surface area contributed by atoms with E-state index in [1.807, 2.05) is 0 Å². The van der Waals surface area contributed by atoms with Crippen LogP contribution in [-0.2, 0) is 4.79 Å². The van der Waals surface area contributed by atoms with Gasteiger partial charge in [-0.25, -0.2) is 0 Å². The van der Waals surface area contributed by atoms with Gasteiger partial charge in [-0.3, -0.25) is 4.79 Å². The first-order valence-corrected chi connectivity index (χ1v) is 39.0. The quantitative estimate of drug-likeness (QED) is 0.0597. The van der Waals surface area contributed by atoms with E-state index in [1.165, 1.54) is 385 Å². The van der Waals surface area contributed by atoms with E-state index in [0.717, 1.165) is 49.4 Å². The van der Waals surface area contributed by atoms with Crippen molar-refractivity contribution in [3.63, 3.8) is 0 Å². The molecule has 6 atom stereocenters. The second-order valence-corrected chi connectivity index (χ2v) is 28.6. The van der Waals surface area contributed by atoms with E-state index in [0.29, 0.717) is 12.8 Å². The molecule has 2 aliphatic rings. The third-order valence-electron chi connectivity index (χ3n) is 20.7. The van der Waals surface area contributed by atoms with Crippen LogP contribution in [0.25, 0.3) is 0 Å². The Morgan fingerprint density at radius 1 is 0.259 bits per heavy atom. The van der Waals surface area contributed by atoms with Crippen molar-refractivity contribution >= 4 is 5.97 Å². The molecule has 0 aromatic heterocycles. The van der Waals surface area contributed by atoms with E-state index in [-0.39, 0.29) is 0 Å². The first-order valence-electron chi connectivity index (χ1n) is 39.0. The van der Waals surface area contributed by atoms with Crippen LogP contribution in [0.15, 0.2) is 0 Å². The number of carboxylic acid groups (broad SMARTS) is 1. The van der Waals surface area contributed by atoms with Crippen molar-refractivity contribution in [1.82, 2.24) is 0 Å². The van der Waals surface area contributed by atoms with Crippen LogP contribution in [0.1, 0.15) is 457 Å². The lowest BCUT2D eigenvalue weighted by molar-refractivity contribution is -0.146. The van der Waals surface area contributed by atoms with Crippen LogP contribution in [0.3, 0.4) is 0 Å². The summed E-state index contributed by atoms with van der Waals surface area (Å²) in [6, 6.07) is 0. The van der Waals surface area contributed by atoms with Gasteiger partial charge in [0.25, 0.3) is 0 Å². The summed E-state index contributed by atoms with van der Waals surface area (Å²) in [5.74, 6) is 2.99. The highest BCUT2D eigenvalue weighted by atomic mass is 16.4. The highest BCUT2D eigenvalue weighted by molar-refractivity contribution is 5.70. The van der Waals surface area contributed by atoms with Gasteiger partial charge >= 0.3 is 5.97 Å². The molecule has 482 valence electrons. The van der Waals surface area contributed by atoms with Gasteiger partial charge in [-0.05, 0) is 49.4 Å². The van der Waals surface area contributed by atoms with Crippen molar-refractivity contribution in [2.45, 2.75) is 463 Å². The Morgan fingerprint density at radius 3 is 0.605 bits per heavy atom. The summed E-state index contributed by atoms with van der Waals surface area (Å²) in [6.45, 7) is 4.61. The monoisotopic (exact) mass is 1140 g/mol. The Bertz CT molecular complexity index is 1230. The van der Waals surface area contributed by atoms with E-state index in [2.05, 4.69) is 13.8 Å². The standard InChI is InChI=1S/C78H152O3/c1-3-5-7-9-11-13-15-17-19-21-23-24-25-26-28-30-32-38-44-50-56-62-68-76(78(80)81)77(79)69-63-57-51-45-39-43-49-55-61-67-75-71-74(75)66-60-54-48-42-37-34-33-36-41-47-53-59-65-73-70-72(73)64-58-52-46-40-35-31-29-27-22-20-18-16-14-12-10-8-6-4-2/h72-77,79H,3-71H2,1-2H3,(H,80,81)/t72-,73+,74-,75+,76-,77-/m1/s1. The van der Waals surface area contributed by atoms with Gasteiger partial charge in [-0.15, -0.1) is 0 Å². The highest BCUT2D eigenvalue weighted by Crippen LogP contribution is 2.47. The van der Waals surface area contributed by atoms with Crippen LogP contribution in [0.4, 0.5) is 0 Å². The van der Waals surface area contributed by atoms with Crippen LogP contribution in [0.5, 0.6) is 0 Å². The second kappa shape index (κ2) is 61.1. The number of aliphatic carboxylic acids is 1. The predicted octanol–water partition coefficient (Wildman–Crippen LogP) is 27.5. The molecule has 0 aromatic rings. The molecule has 2 N–H and O–H groups in total. The Balaban J connectivity index is 1.20. The molecule has 0 saturated heterocycles. The summed E-state index contributed by atoms with van der Waals surface area (Å²) < 4.78 is 0. The molecule has 0 aliphatic heterocycles. The van der Waals surface area contributed by atoms with Crippen LogP contribution in [0, 0.1) is 29.6 Å². The first kappa shape index (κ1) is 76.5. The van der Waals surface area contributed by atoms with Crippen molar-refractivity contribution in [2.75, 3.05) is 0 Å². The zero-order valence-electron chi connectivity index (χ0n) is 56.1. The van der Waals surface area contributed by atoms with Gasteiger partial charge in [0.1, 0.15) is 0 Å². The number of carbonyl (C=O) groups is 1. The average Bonchev–Trinajstić information content (AvgIpc) is 4.43. The van der Waals surface area contributed by atoms with Crippen molar-refractivity contribution in [2.24, 2.45) is 29.6 Å². The molecular formula is C78H152O3. The highest BCUT2D eigenvalue weighted by Gasteiger charge is 2.36. The van der Waals surface area contributed by atoms with E-state index in [4.69, 9.17) is 0 Å². The SMILES string of the molecule is CCCCCCCCCCCCCCCCCCCCCCCC[C@@H](C(=O)O)[C@H](O)CCCCCCCCCCC[C@H]1C[C@H]1CCCCCCCCCCCCCC[C@H]1C[C@H]1CCCCCCCCCCCCCCCCCCCC. The molecule has 2 aliphatic carbocycles. The van der Waals surface area contributed by atoms with Gasteiger partial charge in [0, 0.05) is 0 Å². The summed E-state index contributed by atoms with van der Waals surface area (Å²) in [4.78, 5) is 12.0. The van der Waals surface area contributed by atoms with E-state index < -0.39 is 18.0 Å². The number of aliphatic hydroxyl groups excluding tert-OH is 1. The van der Waals surface area contributed by atoms with Crippen LogP contribution < -0.4 is 0 Å². The van der Waals surface area contributed by atoms with Gasteiger partial charge in [0.05, 0.1) is 12.0 Å². The lowest BCUT2D eigenvalue weighted by atomic mass is 9.91. The second-order valence-electron chi connectivity index (χ2n) is 28.6. The van der Waals surface area contributed by atoms with E-state index in [1.54, 1.807) is 19.3 Å². The molecule has 3 heteroatoms. The van der Waals surface area contributed by atoms with Crippen molar-refractivity contribution in [1.29, 1.82) is 0 Å². The van der Waals surface area contributed by atoms with Crippen LogP contribution >= 0.6 is 0 Å². The Labute approximate surface area is 511 Å². The Kier molecular flexibility index (Phi) is 57.7. The third-order valence-corrected chi connectivity index (χ3v) is 20.7. The van der Waals surface area contributed by atoms with Gasteiger partial charge < -0.3 is 10.2 Å². The number of unbranched alkanes of at least 4 members (excludes halogenated alkanes) is 57. The summed E-state index contributed by atoms with van der Waals surface area (Å²) >= 11 is 0. The maximum atomic E-state index is 12.0. The molecule has 81 heavy (non-hydrogen) atoms. The summed E-state index contributed by atoms with van der Waals surface area (Å²) in [5.41, 5.74) is 0. The first-order chi connectivity index (χ1) is 40.1. The summed E-state index contributed by atoms with van der Waals surface area (Å²) in [5, 5.41) is 20.6. The van der Waals surface area contributed by atoms with Gasteiger partial charge in [0.2, 0.25) is 0 Å². The third kappa shape index (κ3) is 53.4. The summed E-state index contributed by atoms with van der Waals surface area (Å²) in [6.07, 6.45) is 96.0.